The van der Waals surface area contributed by atoms with Gasteiger partial charge in [-0.2, -0.15) is 11.8 Å². The molecule has 2 heteroatoms. The van der Waals surface area contributed by atoms with E-state index in [1.165, 1.54) is 18.6 Å². The number of Topliss-reactive ketones (excluding diaryl/α,β-unsaturated/α-hetero) is 1. The number of hydrogen-bond acceptors (Lipinski definition) is 2. The van der Waals surface area contributed by atoms with E-state index in [4.69, 9.17) is 0 Å². The standard InChI is InChI=1S/C10H18OS/c1-3-4-7-12-10-6-5-9(11)8(10)2/h8,10H,3-7H2,1-2H3. The summed E-state index contributed by atoms with van der Waals surface area (Å²) in [5.41, 5.74) is 0. The predicted molar refractivity (Wildman–Crippen MR) is 54.6 cm³/mol. The van der Waals surface area contributed by atoms with Gasteiger partial charge in [-0.25, -0.2) is 0 Å². The molecule has 1 fully saturated rings. The van der Waals surface area contributed by atoms with E-state index in [0.717, 1.165) is 12.8 Å². The maximum Gasteiger partial charge on any atom is 0.136 e. The van der Waals surface area contributed by atoms with Gasteiger partial charge in [-0.1, -0.05) is 20.3 Å². The monoisotopic (exact) mass is 186 g/mol. The summed E-state index contributed by atoms with van der Waals surface area (Å²) in [6.45, 7) is 4.29. The molecule has 0 N–H and O–H groups in total. The van der Waals surface area contributed by atoms with E-state index in [-0.39, 0.29) is 0 Å². The first kappa shape index (κ1) is 10.1. The maximum absolute atomic E-state index is 11.2. The number of unbranched alkanes of at least 4 members (excludes halogenated alkanes) is 1. The zero-order valence-electron chi connectivity index (χ0n) is 8.01. The molecule has 12 heavy (non-hydrogen) atoms. The molecule has 0 aromatic carbocycles. The minimum Gasteiger partial charge on any atom is -0.299 e. The summed E-state index contributed by atoms with van der Waals surface area (Å²) in [6, 6.07) is 0. The Morgan fingerprint density at radius 1 is 1.58 bits per heavy atom. The topological polar surface area (TPSA) is 17.1 Å². The zero-order valence-corrected chi connectivity index (χ0v) is 8.82. The third kappa shape index (κ3) is 2.51. The highest BCUT2D eigenvalue weighted by Crippen LogP contribution is 2.32. The molecule has 0 aromatic heterocycles. The molecular weight excluding hydrogens is 168 g/mol. The summed E-state index contributed by atoms with van der Waals surface area (Å²) in [5, 5.41) is 0.629. The van der Waals surface area contributed by atoms with E-state index >= 15 is 0 Å². The smallest absolute Gasteiger partial charge is 0.136 e. The zero-order chi connectivity index (χ0) is 8.97. The predicted octanol–water partition coefficient (Wildman–Crippen LogP) is 2.89. The molecule has 1 aliphatic rings. The van der Waals surface area contributed by atoms with Crippen LogP contribution in [0.3, 0.4) is 0 Å². The van der Waals surface area contributed by atoms with Crippen LogP contribution < -0.4 is 0 Å². The van der Waals surface area contributed by atoms with E-state index in [1.807, 2.05) is 11.8 Å². The van der Waals surface area contributed by atoms with Crippen LogP contribution in [0, 0.1) is 5.92 Å². The molecule has 0 aliphatic heterocycles. The van der Waals surface area contributed by atoms with Crippen LogP contribution in [0.5, 0.6) is 0 Å². The molecule has 0 saturated heterocycles. The van der Waals surface area contributed by atoms with Crippen LogP contribution in [0.1, 0.15) is 39.5 Å². The second-order valence-electron chi connectivity index (χ2n) is 3.56. The second-order valence-corrected chi connectivity index (χ2v) is 4.90. The third-order valence-corrected chi connectivity index (χ3v) is 4.17. The first-order valence-electron chi connectivity index (χ1n) is 4.90. The SMILES string of the molecule is CCCCSC1CCC(=O)C1C. The van der Waals surface area contributed by atoms with Crippen LogP contribution in [0.4, 0.5) is 0 Å². The van der Waals surface area contributed by atoms with Gasteiger partial charge in [0, 0.05) is 17.6 Å². The molecule has 0 aromatic rings. The first-order chi connectivity index (χ1) is 5.75. The van der Waals surface area contributed by atoms with Gasteiger partial charge in [-0.15, -0.1) is 0 Å². The lowest BCUT2D eigenvalue weighted by Gasteiger charge is -2.12. The highest BCUT2D eigenvalue weighted by Gasteiger charge is 2.30. The molecule has 70 valence electrons. The van der Waals surface area contributed by atoms with Crippen molar-refractivity contribution in [1.29, 1.82) is 0 Å². The molecule has 0 spiro atoms. The molecule has 0 heterocycles. The number of hydrogen-bond donors (Lipinski definition) is 0. The summed E-state index contributed by atoms with van der Waals surface area (Å²) < 4.78 is 0. The van der Waals surface area contributed by atoms with Gasteiger partial charge in [0.15, 0.2) is 0 Å². The lowest BCUT2D eigenvalue weighted by atomic mass is 10.1. The molecule has 2 atom stereocenters. The minimum atomic E-state index is 0.326. The summed E-state index contributed by atoms with van der Waals surface area (Å²) in [7, 11) is 0. The Balaban J connectivity index is 2.20. The average molecular weight is 186 g/mol. The Morgan fingerprint density at radius 2 is 2.33 bits per heavy atom. The van der Waals surface area contributed by atoms with Crippen molar-refractivity contribution in [2.45, 2.75) is 44.8 Å². The van der Waals surface area contributed by atoms with E-state index in [2.05, 4.69) is 13.8 Å². The van der Waals surface area contributed by atoms with Gasteiger partial charge in [0.2, 0.25) is 0 Å². The van der Waals surface area contributed by atoms with Crippen LogP contribution in [0.2, 0.25) is 0 Å². The molecule has 0 amide bonds. The van der Waals surface area contributed by atoms with Gasteiger partial charge in [0.1, 0.15) is 5.78 Å². The van der Waals surface area contributed by atoms with Gasteiger partial charge < -0.3 is 0 Å². The van der Waals surface area contributed by atoms with Gasteiger partial charge in [0.05, 0.1) is 0 Å². The number of carbonyl (C=O) groups excluding carboxylic acids is 1. The van der Waals surface area contributed by atoms with Crippen molar-refractivity contribution in [2.24, 2.45) is 5.92 Å². The Morgan fingerprint density at radius 3 is 2.83 bits per heavy atom. The molecule has 1 saturated carbocycles. The molecule has 1 nitrogen and oxygen atoms in total. The molecule has 1 aliphatic carbocycles. The van der Waals surface area contributed by atoms with E-state index < -0.39 is 0 Å². The van der Waals surface area contributed by atoms with Gasteiger partial charge in [-0.05, 0) is 18.6 Å². The van der Waals surface area contributed by atoms with Crippen LogP contribution in [-0.2, 0) is 4.79 Å². The van der Waals surface area contributed by atoms with Crippen molar-refractivity contribution in [1.82, 2.24) is 0 Å². The molecule has 1 rings (SSSR count). The number of rotatable bonds is 4. The van der Waals surface area contributed by atoms with Gasteiger partial charge in [-0.3, -0.25) is 4.79 Å². The van der Waals surface area contributed by atoms with Crippen molar-refractivity contribution in [3.63, 3.8) is 0 Å². The van der Waals surface area contributed by atoms with Crippen LogP contribution in [0.25, 0.3) is 0 Å². The molecule has 2 unspecified atom stereocenters. The molecule has 0 bridgehead atoms. The summed E-state index contributed by atoms with van der Waals surface area (Å²) in [4.78, 5) is 11.2. The fourth-order valence-corrected chi connectivity index (χ4v) is 3.06. The Bertz CT molecular complexity index is 156. The number of thioether (sulfide) groups is 1. The summed E-state index contributed by atoms with van der Waals surface area (Å²) >= 11 is 2.00. The lowest BCUT2D eigenvalue weighted by molar-refractivity contribution is -0.120. The van der Waals surface area contributed by atoms with Crippen LogP contribution in [0.15, 0.2) is 0 Å². The fourth-order valence-electron chi connectivity index (χ4n) is 1.58. The molecule has 0 radical (unpaired) electrons. The van der Waals surface area contributed by atoms with E-state index in [9.17, 15) is 4.79 Å². The summed E-state index contributed by atoms with van der Waals surface area (Å²) in [5.74, 6) is 2.04. The van der Waals surface area contributed by atoms with Crippen molar-refractivity contribution >= 4 is 17.5 Å². The Labute approximate surface area is 79.3 Å². The average Bonchev–Trinajstić information content (AvgIpc) is 2.36. The summed E-state index contributed by atoms with van der Waals surface area (Å²) in [6.07, 6.45) is 4.50. The normalized spacial score (nSPS) is 29.7. The highest BCUT2D eigenvalue weighted by atomic mass is 32.2. The molecular formula is C10H18OS. The van der Waals surface area contributed by atoms with Gasteiger partial charge >= 0.3 is 0 Å². The maximum atomic E-state index is 11.2. The Hall–Kier alpha value is 0.0200. The third-order valence-electron chi connectivity index (χ3n) is 2.57. The number of ketones is 1. The quantitative estimate of drug-likeness (QED) is 0.628. The van der Waals surface area contributed by atoms with E-state index in [1.54, 1.807) is 0 Å². The van der Waals surface area contributed by atoms with E-state index in [0.29, 0.717) is 17.0 Å². The van der Waals surface area contributed by atoms with Crippen molar-refractivity contribution in [3.05, 3.63) is 0 Å². The fraction of sp³-hybridized carbons (Fsp3) is 0.900. The minimum absolute atomic E-state index is 0.326. The van der Waals surface area contributed by atoms with Crippen molar-refractivity contribution in [3.8, 4) is 0 Å². The first-order valence-corrected chi connectivity index (χ1v) is 5.95. The van der Waals surface area contributed by atoms with Crippen molar-refractivity contribution < 1.29 is 4.79 Å². The number of carbonyl (C=O) groups is 1. The second kappa shape index (κ2) is 4.90. The Kier molecular flexibility index (Phi) is 4.13. The van der Waals surface area contributed by atoms with Crippen LogP contribution in [-0.4, -0.2) is 16.8 Å². The lowest BCUT2D eigenvalue weighted by Crippen LogP contribution is -2.12. The highest BCUT2D eigenvalue weighted by molar-refractivity contribution is 7.99. The van der Waals surface area contributed by atoms with Crippen molar-refractivity contribution in [2.75, 3.05) is 5.75 Å². The van der Waals surface area contributed by atoms with Crippen LogP contribution >= 0.6 is 11.8 Å². The van der Waals surface area contributed by atoms with Gasteiger partial charge in [0.25, 0.3) is 0 Å². The largest absolute Gasteiger partial charge is 0.299 e.